The molecule has 0 fully saturated rings. The quantitative estimate of drug-likeness (QED) is 0.514. The van der Waals surface area contributed by atoms with E-state index < -0.39 is 6.10 Å². The zero-order valence-corrected chi connectivity index (χ0v) is 10.9. The van der Waals surface area contributed by atoms with E-state index in [1.165, 1.54) is 6.92 Å². The van der Waals surface area contributed by atoms with Crippen LogP contribution in [0.1, 0.15) is 12.5 Å². The third-order valence-electron chi connectivity index (χ3n) is 1.95. The van der Waals surface area contributed by atoms with E-state index in [0.717, 1.165) is 5.56 Å². The number of carbonyl (C=O) groups excluding carboxylic acids is 1. The number of Topliss-reactive ketones (excluding diaryl/α,β-unsaturated/α-hetero) is 1. The first-order valence-corrected chi connectivity index (χ1v) is 5.95. The predicted molar refractivity (Wildman–Crippen MR) is 72.1 cm³/mol. The molecular formula is C13H11IO2. The number of ketones is 1. The molecule has 0 aliphatic carbocycles. The maximum Gasteiger partial charge on any atom is 0.159 e. The van der Waals surface area contributed by atoms with E-state index in [1.807, 2.05) is 52.9 Å². The lowest BCUT2D eigenvalue weighted by Gasteiger charge is -2.03. The Kier molecular flexibility index (Phi) is 5.23. The lowest BCUT2D eigenvalue weighted by Crippen LogP contribution is -2.13. The van der Waals surface area contributed by atoms with Gasteiger partial charge < -0.3 is 5.11 Å². The summed E-state index contributed by atoms with van der Waals surface area (Å²) >= 11 is 1.92. The summed E-state index contributed by atoms with van der Waals surface area (Å²) in [5.74, 6) is 5.30. The first-order chi connectivity index (χ1) is 7.65. The highest BCUT2D eigenvalue weighted by atomic mass is 127. The SMILES string of the molecule is CC(=O)/C(=C\I)C(O)C#Cc1ccccc1. The second-order valence-corrected chi connectivity index (χ2v) is 3.78. The number of hydrogen-bond donors (Lipinski definition) is 1. The average molecular weight is 326 g/mol. The second-order valence-electron chi connectivity index (χ2n) is 3.16. The molecule has 0 saturated carbocycles. The number of hydrogen-bond acceptors (Lipinski definition) is 2. The van der Waals surface area contributed by atoms with Gasteiger partial charge in [-0.3, -0.25) is 4.79 Å². The number of aliphatic hydroxyl groups excluding tert-OH is 1. The third kappa shape index (κ3) is 3.80. The molecular weight excluding hydrogens is 315 g/mol. The normalized spacial score (nSPS) is 12.6. The molecule has 1 unspecified atom stereocenters. The van der Waals surface area contributed by atoms with Gasteiger partial charge in [-0.05, 0) is 23.1 Å². The fourth-order valence-electron chi connectivity index (χ4n) is 1.08. The molecule has 0 spiro atoms. The van der Waals surface area contributed by atoms with Crippen LogP contribution in [-0.4, -0.2) is 17.0 Å². The van der Waals surface area contributed by atoms with Gasteiger partial charge in [0.05, 0.1) is 0 Å². The van der Waals surface area contributed by atoms with Gasteiger partial charge in [-0.25, -0.2) is 0 Å². The van der Waals surface area contributed by atoms with Crippen molar-refractivity contribution < 1.29 is 9.90 Å². The lowest BCUT2D eigenvalue weighted by molar-refractivity contribution is -0.114. The second kappa shape index (κ2) is 6.46. The standard InChI is InChI=1S/C13H11IO2/c1-10(15)12(9-14)13(16)8-7-11-5-3-2-4-6-11/h2-6,9,13,16H,1H3/b12-9+. The molecule has 0 aliphatic rings. The van der Waals surface area contributed by atoms with Crippen molar-refractivity contribution in [2.24, 2.45) is 0 Å². The van der Waals surface area contributed by atoms with Crippen molar-refractivity contribution in [3.8, 4) is 11.8 Å². The summed E-state index contributed by atoms with van der Waals surface area (Å²) in [6.45, 7) is 1.41. The van der Waals surface area contributed by atoms with Crippen molar-refractivity contribution in [1.82, 2.24) is 0 Å². The first kappa shape index (κ1) is 12.9. The Labute approximate surface area is 109 Å². The highest BCUT2D eigenvalue weighted by molar-refractivity contribution is 14.1. The van der Waals surface area contributed by atoms with Gasteiger partial charge in [0, 0.05) is 11.1 Å². The van der Waals surface area contributed by atoms with Crippen LogP contribution >= 0.6 is 22.6 Å². The third-order valence-corrected chi connectivity index (χ3v) is 2.62. The smallest absolute Gasteiger partial charge is 0.159 e. The van der Waals surface area contributed by atoms with Crippen LogP contribution < -0.4 is 0 Å². The fraction of sp³-hybridized carbons (Fsp3) is 0.154. The van der Waals surface area contributed by atoms with Crippen molar-refractivity contribution >= 4 is 28.4 Å². The maximum atomic E-state index is 11.1. The highest BCUT2D eigenvalue weighted by Crippen LogP contribution is 2.07. The van der Waals surface area contributed by atoms with Crippen LogP contribution in [0.3, 0.4) is 0 Å². The minimum Gasteiger partial charge on any atom is -0.376 e. The van der Waals surface area contributed by atoms with E-state index in [0.29, 0.717) is 5.57 Å². The molecule has 1 atom stereocenters. The van der Waals surface area contributed by atoms with Crippen molar-refractivity contribution in [3.63, 3.8) is 0 Å². The number of benzene rings is 1. The molecule has 1 aromatic rings. The highest BCUT2D eigenvalue weighted by Gasteiger charge is 2.11. The number of carbonyl (C=O) groups is 1. The Balaban J connectivity index is 2.83. The van der Waals surface area contributed by atoms with Gasteiger partial charge in [0.15, 0.2) is 5.78 Å². The first-order valence-electron chi connectivity index (χ1n) is 4.71. The summed E-state index contributed by atoms with van der Waals surface area (Å²) in [6, 6.07) is 9.34. The maximum absolute atomic E-state index is 11.1. The van der Waals surface area contributed by atoms with Gasteiger partial charge in [0.2, 0.25) is 0 Å². The van der Waals surface area contributed by atoms with E-state index in [1.54, 1.807) is 4.08 Å². The Morgan fingerprint density at radius 2 is 2.06 bits per heavy atom. The molecule has 1 aromatic carbocycles. The topological polar surface area (TPSA) is 37.3 Å². The summed E-state index contributed by atoms with van der Waals surface area (Å²) < 4.78 is 1.56. The van der Waals surface area contributed by atoms with Crippen LogP contribution in [0.15, 0.2) is 40.0 Å². The van der Waals surface area contributed by atoms with Gasteiger partial charge in [0.1, 0.15) is 6.10 Å². The molecule has 0 bridgehead atoms. The van der Waals surface area contributed by atoms with Gasteiger partial charge in [-0.15, -0.1) is 0 Å². The largest absolute Gasteiger partial charge is 0.376 e. The molecule has 0 aliphatic heterocycles. The number of aliphatic hydroxyl groups is 1. The minimum atomic E-state index is -1.02. The summed E-state index contributed by atoms with van der Waals surface area (Å²) in [7, 11) is 0. The lowest BCUT2D eigenvalue weighted by atomic mass is 10.1. The Morgan fingerprint density at radius 1 is 1.44 bits per heavy atom. The van der Waals surface area contributed by atoms with Crippen LogP contribution in [0.2, 0.25) is 0 Å². The molecule has 0 amide bonds. The monoisotopic (exact) mass is 326 g/mol. The molecule has 0 radical (unpaired) electrons. The molecule has 1 rings (SSSR count). The van der Waals surface area contributed by atoms with Crippen LogP contribution in [0.5, 0.6) is 0 Å². The van der Waals surface area contributed by atoms with E-state index in [4.69, 9.17) is 0 Å². The fourth-order valence-corrected chi connectivity index (χ4v) is 1.86. The number of halogens is 1. The molecule has 0 saturated heterocycles. The minimum absolute atomic E-state index is 0.163. The van der Waals surface area contributed by atoms with Crippen molar-refractivity contribution in [1.29, 1.82) is 0 Å². The Hall–Kier alpha value is -1.12. The van der Waals surface area contributed by atoms with Gasteiger partial charge in [-0.1, -0.05) is 52.6 Å². The van der Waals surface area contributed by atoms with Crippen LogP contribution in [0, 0.1) is 11.8 Å². The van der Waals surface area contributed by atoms with E-state index >= 15 is 0 Å². The van der Waals surface area contributed by atoms with Gasteiger partial charge >= 0.3 is 0 Å². The van der Waals surface area contributed by atoms with Crippen LogP contribution in [0.25, 0.3) is 0 Å². The molecule has 3 heteroatoms. The summed E-state index contributed by atoms with van der Waals surface area (Å²) in [5, 5.41) is 9.67. The molecule has 82 valence electrons. The van der Waals surface area contributed by atoms with E-state index in [-0.39, 0.29) is 5.78 Å². The van der Waals surface area contributed by atoms with Gasteiger partial charge in [-0.2, -0.15) is 0 Å². The number of rotatable bonds is 2. The average Bonchev–Trinajstić information content (AvgIpc) is 2.28. The summed E-state index contributed by atoms with van der Waals surface area (Å²) in [4.78, 5) is 11.1. The molecule has 0 aromatic heterocycles. The molecule has 0 heterocycles. The zero-order chi connectivity index (χ0) is 12.0. The van der Waals surface area contributed by atoms with Gasteiger partial charge in [0.25, 0.3) is 0 Å². The Morgan fingerprint density at radius 3 is 2.56 bits per heavy atom. The summed E-state index contributed by atoms with van der Waals surface area (Å²) in [5.41, 5.74) is 1.14. The van der Waals surface area contributed by atoms with E-state index in [9.17, 15) is 9.90 Å². The van der Waals surface area contributed by atoms with Crippen LogP contribution in [0.4, 0.5) is 0 Å². The molecule has 2 nitrogen and oxygen atoms in total. The zero-order valence-electron chi connectivity index (χ0n) is 8.77. The van der Waals surface area contributed by atoms with Crippen LogP contribution in [-0.2, 0) is 4.79 Å². The van der Waals surface area contributed by atoms with Crippen molar-refractivity contribution in [3.05, 3.63) is 45.6 Å². The predicted octanol–water partition coefficient (Wildman–Crippen LogP) is 2.31. The molecule has 1 N–H and O–H groups in total. The summed E-state index contributed by atoms with van der Waals surface area (Å²) in [6.07, 6.45) is -1.02. The van der Waals surface area contributed by atoms with Crippen molar-refractivity contribution in [2.75, 3.05) is 0 Å². The van der Waals surface area contributed by atoms with E-state index in [2.05, 4.69) is 11.8 Å². The Bertz CT molecular complexity index is 452. The van der Waals surface area contributed by atoms with Crippen molar-refractivity contribution in [2.45, 2.75) is 13.0 Å². The molecule has 16 heavy (non-hydrogen) atoms.